The summed E-state index contributed by atoms with van der Waals surface area (Å²) < 4.78 is 30.0. The third kappa shape index (κ3) is 5.43. The van der Waals surface area contributed by atoms with Gasteiger partial charge < -0.3 is 9.64 Å². The molecule has 0 aliphatic carbocycles. The molecule has 0 radical (unpaired) electrons. The first-order valence-corrected chi connectivity index (χ1v) is 13.0. The van der Waals surface area contributed by atoms with Crippen LogP contribution in [0, 0.1) is 6.92 Å². The number of carbonyl (C=O) groups is 1. The second kappa shape index (κ2) is 8.71. The maximum atomic E-state index is 13.3. The van der Waals surface area contributed by atoms with Gasteiger partial charge in [0.1, 0.15) is 5.75 Å². The molecule has 1 aromatic heterocycles. The number of amides is 1. The van der Waals surface area contributed by atoms with Gasteiger partial charge in [-0.2, -0.15) is 0 Å². The molecule has 1 aliphatic heterocycles. The standard InChI is InChI=1S/C23H31NO4S2/c1-16-10-12-29-21(16)14-24(19-11-13-30(26,27)15-19)22(25)17(2)28-20-8-6-18(7-9-20)23(3,4)5/h6-10,12,17,19H,11,13-15H2,1-5H3. The van der Waals surface area contributed by atoms with Crippen molar-refractivity contribution in [1.82, 2.24) is 4.90 Å². The van der Waals surface area contributed by atoms with Crippen LogP contribution >= 0.6 is 11.3 Å². The zero-order valence-corrected chi connectivity index (χ0v) is 20.0. The van der Waals surface area contributed by atoms with Crippen LogP contribution in [0.2, 0.25) is 0 Å². The first-order chi connectivity index (χ1) is 14.0. The molecule has 0 saturated carbocycles. The lowest BCUT2D eigenvalue weighted by atomic mass is 9.87. The Morgan fingerprint density at radius 2 is 1.90 bits per heavy atom. The van der Waals surface area contributed by atoms with Crippen molar-refractivity contribution >= 4 is 27.1 Å². The number of hydrogen-bond acceptors (Lipinski definition) is 5. The van der Waals surface area contributed by atoms with Crippen molar-refractivity contribution in [3.8, 4) is 5.75 Å². The van der Waals surface area contributed by atoms with Crippen LogP contribution in [0.5, 0.6) is 5.75 Å². The molecule has 1 fully saturated rings. The van der Waals surface area contributed by atoms with Crippen molar-refractivity contribution in [2.45, 2.75) is 65.1 Å². The van der Waals surface area contributed by atoms with Gasteiger partial charge in [0.25, 0.3) is 5.91 Å². The van der Waals surface area contributed by atoms with Gasteiger partial charge in [0.15, 0.2) is 15.9 Å². The predicted molar refractivity (Wildman–Crippen MR) is 122 cm³/mol. The molecule has 0 bridgehead atoms. The Balaban J connectivity index is 1.77. The van der Waals surface area contributed by atoms with Crippen LogP contribution in [-0.2, 0) is 26.6 Å². The van der Waals surface area contributed by atoms with Crippen LogP contribution in [0.25, 0.3) is 0 Å². The average Bonchev–Trinajstić information content (AvgIpc) is 3.23. The third-order valence-corrected chi connectivity index (χ3v) is 8.35. The quantitative estimate of drug-likeness (QED) is 0.658. The number of sulfone groups is 1. The van der Waals surface area contributed by atoms with Crippen LogP contribution in [0.3, 0.4) is 0 Å². The zero-order valence-electron chi connectivity index (χ0n) is 18.3. The lowest BCUT2D eigenvalue weighted by Crippen LogP contribution is -2.46. The molecule has 164 valence electrons. The number of hydrogen-bond donors (Lipinski definition) is 0. The van der Waals surface area contributed by atoms with Gasteiger partial charge in [-0.15, -0.1) is 11.3 Å². The largest absolute Gasteiger partial charge is 0.481 e. The fraction of sp³-hybridized carbons (Fsp3) is 0.522. The van der Waals surface area contributed by atoms with Crippen LogP contribution in [-0.4, -0.2) is 42.9 Å². The Bertz CT molecular complexity index is 987. The van der Waals surface area contributed by atoms with E-state index in [1.165, 1.54) is 5.56 Å². The summed E-state index contributed by atoms with van der Waals surface area (Å²) in [5.74, 6) is 0.616. The molecule has 3 rings (SSSR count). The highest BCUT2D eigenvalue weighted by atomic mass is 32.2. The van der Waals surface area contributed by atoms with E-state index in [9.17, 15) is 13.2 Å². The van der Waals surface area contributed by atoms with E-state index >= 15 is 0 Å². The van der Waals surface area contributed by atoms with Crippen LogP contribution in [0.4, 0.5) is 0 Å². The highest BCUT2D eigenvalue weighted by Crippen LogP contribution is 2.27. The number of rotatable bonds is 6. The molecule has 1 aromatic carbocycles. The molecule has 2 heterocycles. The van der Waals surface area contributed by atoms with Crippen LogP contribution < -0.4 is 4.74 Å². The minimum absolute atomic E-state index is 0.0240. The first kappa shape index (κ1) is 22.8. The zero-order chi connectivity index (χ0) is 22.1. The van der Waals surface area contributed by atoms with E-state index in [0.29, 0.717) is 18.7 Å². The molecule has 1 amide bonds. The minimum Gasteiger partial charge on any atom is -0.481 e. The smallest absolute Gasteiger partial charge is 0.263 e. The van der Waals surface area contributed by atoms with E-state index in [4.69, 9.17) is 4.74 Å². The second-order valence-electron chi connectivity index (χ2n) is 9.08. The van der Waals surface area contributed by atoms with Gasteiger partial charge in [-0.25, -0.2) is 8.42 Å². The molecule has 0 spiro atoms. The predicted octanol–water partition coefficient (Wildman–Crippen LogP) is 4.34. The van der Waals surface area contributed by atoms with Crippen molar-refractivity contribution in [3.05, 3.63) is 51.7 Å². The van der Waals surface area contributed by atoms with Crippen molar-refractivity contribution in [2.75, 3.05) is 11.5 Å². The normalized spacial score (nSPS) is 19.4. The number of aryl methyl sites for hydroxylation is 1. The molecule has 1 saturated heterocycles. The van der Waals surface area contributed by atoms with E-state index in [2.05, 4.69) is 20.8 Å². The highest BCUT2D eigenvalue weighted by Gasteiger charge is 2.37. The molecular weight excluding hydrogens is 418 g/mol. The maximum Gasteiger partial charge on any atom is 0.263 e. The lowest BCUT2D eigenvalue weighted by molar-refractivity contribution is -0.140. The lowest BCUT2D eigenvalue weighted by Gasteiger charge is -2.31. The van der Waals surface area contributed by atoms with Crippen LogP contribution in [0.15, 0.2) is 35.7 Å². The van der Waals surface area contributed by atoms with Crippen molar-refractivity contribution < 1.29 is 17.9 Å². The molecule has 5 nitrogen and oxygen atoms in total. The number of ether oxygens (including phenoxy) is 1. The van der Waals surface area contributed by atoms with Gasteiger partial charge >= 0.3 is 0 Å². The summed E-state index contributed by atoms with van der Waals surface area (Å²) in [5, 5.41) is 2.00. The van der Waals surface area contributed by atoms with Gasteiger partial charge in [-0.05, 0) is 60.4 Å². The van der Waals surface area contributed by atoms with E-state index in [1.807, 2.05) is 42.6 Å². The third-order valence-electron chi connectivity index (χ3n) is 5.60. The van der Waals surface area contributed by atoms with Gasteiger partial charge in [-0.1, -0.05) is 32.9 Å². The summed E-state index contributed by atoms with van der Waals surface area (Å²) in [6.07, 6.45) is -0.222. The Morgan fingerprint density at radius 1 is 1.23 bits per heavy atom. The molecule has 2 atom stereocenters. The molecule has 0 N–H and O–H groups in total. The van der Waals surface area contributed by atoms with Gasteiger partial charge in [-0.3, -0.25) is 4.79 Å². The summed E-state index contributed by atoms with van der Waals surface area (Å²) in [5.41, 5.74) is 2.35. The topological polar surface area (TPSA) is 63.7 Å². The highest BCUT2D eigenvalue weighted by molar-refractivity contribution is 7.91. The summed E-state index contributed by atoms with van der Waals surface area (Å²) >= 11 is 1.59. The SMILES string of the molecule is Cc1ccsc1CN(C(=O)C(C)Oc1ccc(C(C)(C)C)cc1)C1CCS(=O)(=O)C1. The minimum atomic E-state index is -3.10. The summed E-state index contributed by atoms with van der Waals surface area (Å²) in [6.45, 7) is 10.6. The van der Waals surface area contributed by atoms with E-state index in [-0.39, 0.29) is 28.9 Å². The maximum absolute atomic E-state index is 13.3. The van der Waals surface area contributed by atoms with E-state index in [1.54, 1.807) is 23.2 Å². The summed E-state index contributed by atoms with van der Waals surface area (Å²) in [7, 11) is -3.10. The number of benzene rings is 1. The van der Waals surface area contributed by atoms with Crippen molar-refractivity contribution in [2.24, 2.45) is 0 Å². The Kier molecular flexibility index (Phi) is 6.63. The summed E-state index contributed by atoms with van der Waals surface area (Å²) in [4.78, 5) is 16.1. The Morgan fingerprint density at radius 3 is 2.40 bits per heavy atom. The molecule has 7 heteroatoms. The number of nitrogens with zero attached hydrogens (tertiary/aromatic N) is 1. The molecule has 30 heavy (non-hydrogen) atoms. The molecule has 2 aromatic rings. The Hall–Kier alpha value is -1.86. The number of carbonyl (C=O) groups excluding carboxylic acids is 1. The van der Waals surface area contributed by atoms with E-state index in [0.717, 1.165) is 10.4 Å². The average molecular weight is 450 g/mol. The molecule has 2 unspecified atom stereocenters. The van der Waals surface area contributed by atoms with Gasteiger partial charge in [0.05, 0.1) is 18.1 Å². The van der Waals surface area contributed by atoms with E-state index < -0.39 is 15.9 Å². The number of thiophene rings is 1. The van der Waals surface area contributed by atoms with Crippen LogP contribution in [0.1, 0.15) is 50.1 Å². The fourth-order valence-electron chi connectivity index (χ4n) is 3.65. The summed E-state index contributed by atoms with van der Waals surface area (Å²) in [6, 6.07) is 9.52. The second-order valence-corrected chi connectivity index (χ2v) is 12.3. The fourth-order valence-corrected chi connectivity index (χ4v) is 6.29. The molecule has 1 aliphatic rings. The van der Waals surface area contributed by atoms with Gasteiger partial charge in [0.2, 0.25) is 0 Å². The van der Waals surface area contributed by atoms with Crippen molar-refractivity contribution in [1.29, 1.82) is 0 Å². The Labute approximate surface area is 184 Å². The van der Waals surface area contributed by atoms with Gasteiger partial charge in [0, 0.05) is 10.9 Å². The first-order valence-electron chi connectivity index (χ1n) is 10.3. The molecular formula is C23H31NO4S2. The van der Waals surface area contributed by atoms with Crippen molar-refractivity contribution in [3.63, 3.8) is 0 Å². The monoisotopic (exact) mass is 449 g/mol.